The average Bonchev–Trinajstić information content (AvgIpc) is 2.52. The summed E-state index contributed by atoms with van der Waals surface area (Å²) in [5, 5.41) is 0.437. The van der Waals surface area contributed by atoms with E-state index in [9.17, 15) is 4.39 Å². The van der Waals surface area contributed by atoms with Gasteiger partial charge >= 0.3 is 0 Å². The van der Waals surface area contributed by atoms with Crippen LogP contribution in [0.4, 0.5) is 10.1 Å². The fourth-order valence-corrected chi connectivity index (χ4v) is 2.73. The Morgan fingerprint density at radius 2 is 2.05 bits per heavy atom. The van der Waals surface area contributed by atoms with Gasteiger partial charge in [-0.15, -0.1) is 0 Å². The van der Waals surface area contributed by atoms with E-state index < -0.39 is 0 Å². The largest absolute Gasteiger partial charge is 0.367 e. The van der Waals surface area contributed by atoms with E-state index in [2.05, 4.69) is 28.5 Å². The first-order valence-electron chi connectivity index (χ1n) is 7.50. The Morgan fingerprint density at radius 1 is 1.32 bits per heavy atom. The molecule has 4 heteroatoms. The Labute approximate surface area is 137 Å². The van der Waals surface area contributed by atoms with Crippen molar-refractivity contribution in [2.24, 2.45) is 0 Å². The van der Waals surface area contributed by atoms with E-state index in [-0.39, 0.29) is 5.82 Å². The minimum absolute atomic E-state index is 0.246. The van der Waals surface area contributed by atoms with Crippen molar-refractivity contribution >= 4 is 17.3 Å². The molecule has 0 aliphatic carbocycles. The van der Waals surface area contributed by atoms with Crippen molar-refractivity contribution in [3.05, 3.63) is 65.5 Å². The van der Waals surface area contributed by atoms with Crippen LogP contribution in [0.2, 0.25) is 5.02 Å². The SMILES string of the molecule is C=C/C=C\C(=C/C)CN1CCN(c2ccc(Cl)cc2F)CC1. The Balaban J connectivity index is 1.92. The van der Waals surface area contributed by atoms with Crippen LogP contribution in [0.3, 0.4) is 0 Å². The lowest BCUT2D eigenvalue weighted by molar-refractivity contribution is 0.279. The number of hydrogen-bond acceptors (Lipinski definition) is 2. The molecular weight excluding hydrogens is 299 g/mol. The van der Waals surface area contributed by atoms with E-state index >= 15 is 0 Å². The normalized spacial score (nSPS) is 17.2. The molecule has 0 unspecified atom stereocenters. The number of benzene rings is 1. The molecule has 0 radical (unpaired) electrons. The van der Waals surface area contributed by atoms with Gasteiger partial charge in [0.05, 0.1) is 5.69 Å². The van der Waals surface area contributed by atoms with E-state index in [1.165, 1.54) is 11.6 Å². The Kier molecular flexibility index (Phi) is 6.22. The summed E-state index contributed by atoms with van der Waals surface area (Å²) in [5.41, 5.74) is 1.91. The van der Waals surface area contributed by atoms with Crippen molar-refractivity contribution in [1.29, 1.82) is 0 Å². The van der Waals surface area contributed by atoms with Gasteiger partial charge in [0.2, 0.25) is 0 Å². The number of piperazine rings is 1. The predicted molar refractivity (Wildman–Crippen MR) is 93.2 cm³/mol. The summed E-state index contributed by atoms with van der Waals surface area (Å²) in [5.74, 6) is -0.246. The third-order valence-corrected chi connectivity index (χ3v) is 4.08. The van der Waals surface area contributed by atoms with Crippen molar-refractivity contribution in [2.75, 3.05) is 37.6 Å². The van der Waals surface area contributed by atoms with Gasteiger partial charge in [0.25, 0.3) is 0 Å². The Hall–Kier alpha value is -1.58. The third-order valence-electron chi connectivity index (χ3n) is 3.85. The monoisotopic (exact) mass is 320 g/mol. The van der Waals surface area contributed by atoms with Crippen LogP contribution in [-0.4, -0.2) is 37.6 Å². The third kappa shape index (κ3) is 4.46. The second kappa shape index (κ2) is 8.16. The van der Waals surface area contributed by atoms with Gasteiger partial charge in [-0.25, -0.2) is 4.39 Å². The average molecular weight is 321 g/mol. The van der Waals surface area contributed by atoms with Crippen molar-refractivity contribution in [3.8, 4) is 0 Å². The van der Waals surface area contributed by atoms with Crippen molar-refractivity contribution in [3.63, 3.8) is 0 Å². The second-order valence-electron chi connectivity index (χ2n) is 5.32. The van der Waals surface area contributed by atoms with Crippen LogP contribution in [0, 0.1) is 5.82 Å². The van der Waals surface area contributed by atoms with Gasteiger partial charge in [-0.05, 0) is 30.7 Å². The van der Waals surface area contributed by atoms with Gasteiger partial charge in [0, 0.05) is 37.7 Å². The number of nitrogens with zero attached hydrogens (tertiary/aromatic N) is 2. The molecule has 1 heterocycles. The molecule has 0 N–H and O–H groups in total. The summed E-state index contributed by atoms with van der Waals surface area (Å²) in [4.78, 5) is 4.46. The Bertz CT molecular complexity index is 572. The van der Waals surface area contributed by atoms with Gasteiger partial charge in [0.1, 0.15) is 5.82 Å². The highest BCUT2D eigenvalue weighted by Gasteiger charge is 2.19. The zero-order valence-corrected chi connectivity index (χ0v) is 13.7. The highest BCUT2D eigenvalue weighted by Crippen LogP contribution is 2.24. The number of anilines is 1. The first-order valence-corrected chi connectivity index (χ1v) is 7.88. The van der Waals surface area contributed by atoms with E-state index in [0.29, 0.717) is 10.7 Å². The maximum Gasteiger partial charge on any atom is 0.147 e. The van der Waals surface area contributed by atoms with Crippen molar-refractivity contribution in [1.82, 2.24) is 4.90 Å². The number of allylic oxidation sites excluding steroid dienone is 3. The van der Waals surface area contributed by atoms with Crippen LogP contribution in [0.5, 0.6) is 0 Å². The summed E-state index contributed by atoms with van der Waals surface area (Å²) >= 11 is 5.81. The molecule has 0 amide bonds. The lowest BCUT2D eigenvalue weighted by Gasteiger charge is -2.36. The molecule has 0 atom stereocenters. The van der Waals surface area contributed by atoms with Crippen LogP contribution in [0.25, 0.3) is 0 Å². The standard InChI is InChI=1S/C18H22ClFN2/c1-3-5-6-15(4-2)14-21-9-11-22(12-10-21)18-8-7-16(19)13-17(18)20/h3-8,13H,1,9-12,14H2,2H3/b6-5-,15-4+. The quantitative estimate of drug-likeness (QED) is 0.747. The first-order chi connectivity index (χ1) is 10.6. The van der Waals surface area contributed by atoms with Gasteiger partial charge in [-0.1, -0.05) is 42.5 Å². The summed E-state index contributed by atoms with van der Waals surface area (Å²) in [7, 11) is 0. The van der Waals surface area contributed by atoms with Crippen LogP contribution in [0.15, 0.2) is 54.7 Å². The van der Waals surface area contributed by atoms with Gasteiger partial charge in [-0.2, -0.15) is 0 Å². The summed E-state index contributed by atoms with van der Waals surface area (Å²) < 4.78 is 14.0. The van der Waals surface area contributed by atoms with E-state index in [0.717, 1.165) is 32.7 Å². The smallest absolute Gasteiger partial charge is 0.147 e. The lowest BCUT2D eigenvalue weighted by Crippen LogP contribution is -2.47. The lowest BCUT2D eigenvalue weighted by atomic mass is 10.2. The fraction of sp³-hybridized carbons (Fsp3) is 0.333. The van der Waals surface area contributed by atoms with Crippen molar-refractivity contribution in [2.45, 2.75) is 6.92 Å². The molecule has 1 aromatic carbocycles. The van der Waals surface area contributed by atoms with Gasteiger partial charge < -0.3 is 4.90 Å². The van der Waals surface area contributed by atoms with Crippen LogP contribution in [-0.2, 0) is 0 Å². The van der Waals surface area contributed by atoms with Gasteiger partial charge in [-0.3, -0.25) is 4.90 Å². The molecule has 118 valence electrons. The number of halogens is 2. The van der Waals surface area contributed by atoms with Crippen molar-refractivity contribution < 1.29 is 4.39 Å². The fourth-order valence-electron chi connectivity index (χ4n) is 2.57. The molecule has 0 spiro atoms. The maximum atomic E-state index is 14.0. The molecule has 2 rings (SSSR count). The van der Waals surface area contributed by atoms with Crippen LogP contribution >= 0.6 is 11.6 Å². The molecule has 2 nitrogen and oxygen atoms in total. The highest BCUT2D eigenvalue weighted by atomic mass is 35.5. The zero-order chi connectivity index (χ0) is 15.9. The van der Waals surface area contributed by atoms with Gasteiger partial charge in [0.15, 0.2) is 0 Å². The molecule has 1 saturated heterocycles. The summed E-state index contributed by atoms with van der Waals surface area (Å²) in [6.45, 7) is 10.1. The molecule has 22 heavy (non-hydrogen) atoms. The zero-order valence-electron chi connectivity index (χ0n) is 12.9. The number of hydrogen-bond donors (Lipinski definition) is 0. The molecule has 1 aliphatic rings. The summed E-state index contributed by atoms with van der Waals surface area (Å²) in [6.07, 6.45) is 7.93. The van der Waals surface area contributed by atoms with E-state index in [4.69, 9.17) is 11.6 Å². The number of rotatable bonds is 5. The summed E-state index contributed by atoms with van der Waals surface area (Å²) in [6, 6.07) is 4.88. The molecule has 0 bridgehead atoms. The first kappa shape index (κ1) is 16.8. The minimum Gasteiger partial charge on any atom is -0.367 e. The van der Waals surface area contributed by atoms with E-state index in [1.54, 1.807) is 18.2 Å². The Morgan fingerprint density at radius 3 is 2.64 bits per heavy atom. The van der Waals surface area contributed by atoms with Crippen LogP contribution in [0.1, 0.15) is 6.92 Å². The molecule has 1 aromatic rings. The topological polar surface area (TPSA) is 6.48 Å². The second-order valence-corrected chi connectivity index (χ2v) is 5.75. The highest BCUT2D eigenvalue weighted by molar-refractivity contribution is 6.30. The molecule has 0 aromatic heterocycles. The predicted octanol–water partition coefficient (Wildman–Crippen LogP) is 4.29. The molecule has 0 saturated carbocycles. The van der Waals surface area contributed by atoms with Crippen LogP contribution < -0.4 is 4.90 Å². The minimum atomic E-state index is -0.246. The molecule has 1 fully saturated rings. The maximum absolute atomic E-state index is 14.0. The molecular formula is C18H22ClFN2. The van der Waals surface area contributed by atoms with E-state index in [1.807, 2.05) is 13.0 Å². The molecule has 1 aliphatic heterocycles.